The van der Waals surface area contributed by atoms with Crippen molar-refractivity contribution >= 4 is 31.3 Å². The van der Waals surface area contributed by atoms with Gasteiger partial charge in [-0.15, -0.1) is 4.48 Å². The molecule has 0 aliphatic rings. The fourth-order valence-electron chi connectivity index (χ4n) is 1.91. The molecule has 0 fully saturated rings. The van der Waals surface area contributed by atoms with Gasteiger partial charge in [-0.3, -0.25) is 27.1 Å². The number of phosphoric ester groups is 4. The molecule has 0 saturated carbocycles. The Bertz CT molecular complexity index is 701. The molecule has 0 spiro atoms. The fraction of sp³-hybridized carbons (Fsp3) is 1.00. The highest BCUT2D eigenvalue weighted by atomic mass is 31.2. The van der Waals surface area contributed by atoms with E-state index in [4.69, 9.17) is 19.6 Å². The van der Waals surface area contributed by atoms with E-state index in [1.165, 1.54) is 12.6 Å². The first-order chi connectivity index (χ1) is 15.5. The van der Waals surface area contributed by atoms with Crippen LogP contribution in [-0.4, -0.2) is 89.1 Å². The van der Waals surface area contributed by atoms with Crippen molar-refractivity contribution in [3.63, 3.8) is 0 Å². The summed E-state index contributed by atoms with van der Waals surface area (Å²) in [5.41, 5.74) is 1.18. The highest BCUT2D eigenvalue weighted by molar-refractivity contribution is 7.47. The van der Waals surface area contributed by atoms with Crippen molar-refractivity contribution in [2.75, 3.05) is 59.8 Å². The third kappa shape index (κ3) is 20.5. The first-order valence-corrected chi connectivity index (χ1v) is 15.2. The Morgan fingerprint density at radius 2 is 1.00 bits per heavy atom. The molecular weight excluding hydrogens is 559 g/mol. The van der Waals surface area contributed by atoms with E-state index in [0.29, 0.717) is 0 Å². The summed E-state index contributed by atoms with van der Waals surface area (Å²) in [6, 6.07) is 0. The second-order valence-corrected chi connectivity index (χ2v) is 11.8. The quantitative estimate of drug-likeness (QED) is 0.0472. The summed E-state index contributed by atoms with van der Waals surface area (Å²) in [7, 11) is -17.6. The third-order valence-corrected chi connectivity index (χ3v) is 6.29. The summed E-state index contributed by atoms with van der Waals surface area (Å²) in [6.07, 6.45) is 0. The van der Waals surface area contributed by atoms with Crippen LogP contribution in [0.4, 0.5) is 4.48 Å². The molecule has 0 aliphatic heterocycles. The molecule has 0 aliphatic carbocycles. The molecule has 0 amide bonds. The maximum atomic E-state index is 12.3. The van der Waals surface area contributed by atoms with Crippen LogP contribution in [0.1, 0.15) is 0 Å². The molecule has 23 heteroatoms. The molecule has 0 aromatic carbocycles. The molecule has 0 heterocycles. The van der Waals surface area contributed by atoms with Gasteiger partial charge in [0.2, 0.25) is 0 Å². The van der Waals surface area contributed by atoms with Crippen LogP contribution in [0, 0.1) is 11.8 Å². The van der Waals surface area contributed by atoms with Crippen molar-refractivity contribution < 1.29 is 79.2 Å². The smallest absolute Gasteiger partial charge is 0.319 e. The van der Waals surface area contributed by atoms with Gasteiger partial charge >= 0.3 is 31.3 Å². The van der Waals surface area contributed by atoms with Gasteiger partial charge in [-0.25, -0.2) is 18.3 Å². The maximum absolute atomic E-state index is 12.3. The molecule has 0 rings (SSSR count). The molecule has 4 unspecified atom stereocenters. The number of rotatable bonds is 21. The van der Waals surface area contributed by atoms with E-state index in [9.17, 15) is 32.5 Å². The second-order valence-electron chi connectivity index (χ2n) is 6.40. The first-order valence-electron chi connectivity index (χ1n) is 9.10. The number of hydrogen-bond acceptors (Lipinski definition) is 12. The average molecular weight is 588 g/mol. The Hall–Kier alpha value is 0.290. The molecule has 34 heavy (non-hydrogen) atoms. The molecule has 0 saturated heterocycles. The Balaban J connectivity index is 4.43. The monoisotopic (exact) mass is 588 g/mol. The lowest BCUT2D eigenvalue weighted by Gasteiger charge is -2.20. The highest BCUT2D eigenvalue weighted by Gasteiger charge is 2.28. The van der Waals surface area contributed by atoms with Crippen LogP contribution in [-0.2, 0) is 45.4 Å². The normalized spacial score (nSPS) is 18.2. The predicted octanol–water partition coefficient (Wildman–Crippen LogP) is -0.602. The number of nitrogens with one attached hydrogen (secondary N) is 2. The standard InChI is InChI=1S/C11H29FN2O16P4/c1-13-4-10(6-27-31(15,16)17)8-29-33(21,22)25-2-3-26-34(23,24)30-9-11(5-14-12)7-28-32(18,19)20/h10-11,13-14H,2-9H2,1H3,(H,21,22)(H,23,24)(H2,15,16,17)(H2,18,19,20). The zero-order valence-corrected chi connectivity index (χ0v) is 21.3. The van der Waals surface area contributed by atoms with Gasteiger partial charge in [0.15, 0.2) is 0 Å². The van der Waals surface area contributed by atoms with Gasteiger partial charge in [-0.2, -0.15) is 5.54 Å². The summed E-state index contributed by atoms with van der Waals surface area (Å²) in [6.45, 7) is -4.34. The molecule has 0 bridgehead atoms. The Morgan fingerprint density at radius 3 is 1.32 bits per heavy atom. The average Bonchev–Trinajstić information content (AvgIpc) is 2.68. The minimum Gasteiger partial charge on any atom is -0.319 e. The summed E-state index contributed by atoms with van der Waals surface area (Å²) in [4.78, 5) is 53.8. The summed E-state index contributed by atoms with van der Waals surface area (Å²) < 4.78 is 84.0. The van der Waals surface area contributed by atoms with Crippen molar-refractivity contribution in [1.82, 2.24) is 10.9 Å². The minimum absolute atomic E-state index is 0.103. The van der Waals surface area contributed by atoms with E-state index in [0.717, 1.165) is 0 Å². The van der Waals surface area contributed by atoms with Crippen LogP contribution in [0.3, 0.4) is 0 Å². The number of hydrogen-bond donors (Lipinski definition) is 8. The van der Waals surface area contributed by atoms with Gasteiger partial charge in [-0.1, -0.05) is 0 Å². The van der Waals surface area contributed by atoms with Crippen LogP contribution >= 0.6 is 31.3 Å². The van der Waals surface area contributed by atoms with Crippen molar-refractivity contribution in [2.45, 2.75) is 0 Å². The van der Waals surface area contributed by atoms with E-state index in [-0.39, 0.29) is 6.54 Å². The van der Waals surface area contributed by atoms with Crippen molar-refractivity contribution in [1.29, 1.82) is 0 Å². The van der Waals surface area contributed by atoms with Gasteiger partial charge in [0.05, 0.1) is 39.6 Å². The summed E-state index contributed by atoms with van der Waals surface area (Å²) in [5, 5.41) is 2.66. The molecule has 4 atom stereocenters. The molecule has 18 nitrogen and oxygen atoms in total. The summed E-state index contributed by atoms with van der Waals surface area (Å²) in [5.74, 6) is -1.84. The third-order valence-electron chi connectivity index (χ3n) is 3.35. The van der Waals surface area contributed by atoms with Crippen molar-refractivity contribution in [3.05, 3.63) is 0 Å². The van der Waals surface area contributed by atoms with E-state index in [2.05, 4.69) is 32.5 Å². The van der Waals surface area contributed by atoms with Gasteiger partial charge in [0.25, 0.3) is 0 Å². The van der Waals surface area contributed by atoms with Crippen LogP contribution in [0.5, 0.6) is 0 Å². The molecule has 206 valence electrons. The van der Waals surface area contributed by atoms with Gasteiger partial charge in [-0.05, 0) is 7.05 Å². The topological polar surface area (TPSA) is 269 Å². The van der Waals surface area contributed by atoms with Gasteiger partial charge < -0.3 is 34.7 Å². The van der Waals surface area contributed by atoms with Crippen LogP contribution in [0.25, 0.3) is 0 Å². The lowest BCUT2D eigenvalue weighted by atomic mass is 10.2. The van der Waals surface area contributed by atoms with Crippen LogP contribution in [0.15, 0.2) is 0 Å². The van der Waals surface area contributed by atoms with Gasteiger partial charge in [0, 0.05) is 24.9 Å². The van der Waals surface area contributed by atoms with Crippen molar-refractivity contribution in [2.24, 2.45) is 11.8 Å². The SMILES string of the molecule is CNCC(COP(=O)(O)O)COP(=O)(O)OCCOP(=O)(O)OCC(CNF)COP(=O)(O)O. The Labute approximate surface area is 193 Å². The molecule has 0 aromatic rings. The number of halogens is 1. The van der Waals surface area contributed by atoms with E-state index in [1.807, 2.05) is 0 Å². The Morgan fingerprint density at radius 1 is 0.647 bits per heavy atom. The predicted molar refractivity (Wildman–Crippen MR) is 109 cm³/mol. The van der Waals surface area contributed by atoms with E-state index >= 15 is 0 Å². The lowest BCUT2D eigenvalue weighted by Crippen LogP contribution is -2.26. The zero-order valence-electron chi connectivity index (χ0n) is 17.7. The second kappa shape index (κ2) is 16.2. The van der Waals surface area contributed by atoms with E-state index in [1.54, 1.807) is 0 Å². The van der Waals surface area contributed by atoms with Gasteiger partial charge in [0.1, 0.15) is 0 Å². The largest absolute Gasteiger partial charge is 0.472 e. The number of phosphoric acid groups is 4. The first kappa shape index (κ1) is 34.3. The molecule has 8 N–H and O–H groups in total. The Kier molecular flexibility index (Phi) is 16.3. The fourth-order valence-corrected chi connectivity index (χ4v) is 4.28. The molecule has 0 radical (unpaired) electrons. The minimum atomic E-state index is -4.87. The van der Waals surface area contributed by atoms with E-state index < -0.39 is 89.3 Å². The van der Waals surface area contributed by atoms with Crippen molar-refractivity contribution in [3.8, 4) is 0 Å². The lowest BCUT2D eigenvalue weighted by molar-refractivity contribution is 0.0739. The zero-order chi connectivity index (χ0) is 26.5. The molecular formula is C11H29FN2O16P4. The maximum Gasteiger partial charge on any atom is 0.472 e. The molecule has 0 aromatic heterocycles. The summed E-state index contributed by atoms with van der Waals surface area (Å²) >= 11 is 0. The van der Waals surface area contributed by atoms with Crippen LogP contribution < -0.4 is 10.9 Å². The highest BCUT2D eigenvalue weighted by Crippen LogP contribution is 2.46. The van der Waals surface area contributed by atoms with Crippen LogP contribution in [0.2, 0.25) is 0 Å².